The van der Waals surface area contributed by atoms with Crippen LogP contribution in [0.15, 0.2) is 23.2 Å². The second kappa shape index (κ2) is 9.39. The van der Waals surface area contributed by atoms with E-state index in [-0.39, 0.29) is 0 Å². The largest absolute Gasteiger partial charge is 0.496 e. The quantitative estimate of drug-likeness (QED) is 0.464. The van der Waals surface area contributed by atoms with Crippen LogP contribution in [0.2, 0.25) is 0 Å². The van der Waals surface area contributed by atoms with Gasteiger partial charge in [-0.05, 0) is 0 Å². The molecule has 1 aliphatic heterocycles. The third-order valence-corrected chi connectivity index (χ3v) is 4.45. The second-order valence-corrected chi connectivity index (χ2v) is 6.31. The molecular formula is C16H25N3O3S. The third kappa shape index (κ3) is 5.74. The van der Waals surface area contributed by atoms with Crippen LogP contribution in [0.5, 0.6) is 17.2 Å². The molecule has 0 aliphatic carbocycles. The minimum Gasteiger partial charge on any atom is -0.496 e. The fourth-order valence-corrected chi connectivity index (χ4v) is 3.11. The number of nitrogens with two attached hydrogens (primary N) is 1. The smallest absolute Gasteiger partial charge is 0.191 e. The van der Waals surface area contributed by atoms with Gasteiger partial charge in [0.15, 0.2) is 5.96 Å². The molecule has 0 atom stereocenters. The Balaban J connectivity index is 1.74. The van der Waals surface area contributed by atoms with Crippen molar-refractivity contribution in [1.29, 1.82) is 0 Å². The van der Waals surface area contributed by atoms with E-state index in [1.165, 1.54) is 0 Å². The number of hydrogen-bond acceptors (Lipinski definition) is 5. The molecule has 1 aliphatic rings. The first kappa shape index (κ1) is 17.6. The van der Waals surface area contributed by atoms with Gasteiger partial charge in [0, 0.05) is 55.8 Å². The van der Waals surface area contributed by atoms with Gasteiger partial charge in [0.2, 0.25) is 0 Å². The van der Waals surface area contributed by atoms with Crippen molar-refractivity contribution >= 4 is 17.7 Å². The molecule has 1 aromatic rings. The number of guanidine groups is 1. The number of benzene rings is 1. The van der Waals surface area contributed by atoms with E-state index in [1.54, 1.807) is 14.2 Å². The number of thioether (sulfide) groups is 1. The molecule has 0 spiro atoms. The van der Waals surface area contributed by atoms with Gasteiger partial charge in [-0.2, -0.15) is 11.8 Å². The SMILES string of the molecule is COc1cc(OC)cc(OCCCN=C(N)N2CCSCC2)c1. The zero-order chi connectivity index (χ0) is 16.5. The van der Waals surface area contributed by atoms with Crippen LogP contribution in [-0.2, 0) is 0 Å². The van der Waals surface area contributed by atoms with E-state index in [9.17, 15) is 0 Å². The number of rotatable bonds is 7. The van der Waals surface area contributed by atoms with E-state index < -0.39 is 0 Å². The lowest BCUT2D eigenvalue weighted by Gasteiger charge is -2.27. The highest BCUT2D eigenvalue weighted by Gasteiger charge is 2.11. The summed E-state index contributed by atoms with van der Waals surface area (Å²) in [6.45, 7) is 3.21. The first-order chi connectivity index (χ1) is 11.2. The maximum atomic E-state index is 6.01. The zero-order valence-electron chi connectivity index (χ0n) is 13.8. The van der Waals surface area contributed by atoms with E-state index in [2.05, 4.69) is 9.89 Å². The summed E-state index contributed by atoms with van der Waals surface area (Å²) in [5.41, 5.74) is 6.01. The lowest BCUT2D eigenvalue weighted by Crippen LogP contribution is -2.42. The van der Waals surface area contributed by atoms with Crippen molar-refractivity contribution < 1.29 is 14.2 Å². The Hall–Kier alpha value is -1.76. The van der Waals surface area contributed by atoms with Crippen molar-refractivity contribution in [2.75, 3.05) is 52.0 Å². The Labute approximate surface area is 142 Å². The van der Waals surface area contributed by atoms with Crippen LogP contribution in [0.3, 0.4) is 0 Å². The van der Waals surface area contributed by atoms with Gasteiger partial charge >= 0.3 is 0 Å². The lowest BCUT2D eigenvalue weighted by molar-refractivity contribution is 0.307. The van der Waals surface area contributed by atoms with E-state index in [0.29, 0.717) is 30.6 Å². The maximum Gasteiger partial charge on any atom is 0.191 e. The minimum atomic E-state index is 0.572. The predicted octanol–water partition coefficient (Wildman–Crippen LogP) is 1.84. The maximum absolute atomic E-state index is 6.01. The molecule has 2 rings (SSSR count). The molecule has 0 amide bonds. The first-order valence-corrected chi connectivity index (χ1v) is 8.87. The van der Waals surface area contributed by atoms with Crippen LogP contribution in [0.1, 0.15) is 6.42 Å². The first-order valence-electron chi connectivity index (χ1n) is 7.71. The third-order valence-electron chi connectivity index (χ3n) is 3.51. The van der Waals surface area contributed by atoms with Gasteiger partial charge in [-0.15, -0.1) is 0 Å². The Morgan fingerprint density at radius 1 is 1.13 bits per heavy atom. The van der Waals surface area contributed by atoms with Crippen LogP contribution < -0.4 is 19.9 Å². The van der Waals surface area contributed by atoms with Crippen molar-refractivity contribution in [3.63, 3.8) is 0 Å². The molecule has 0 radical (unpaired) electrons. The molecule has 2 N–H and O–H groups in total. The average Bonchev–Trinajstić information content (AvgIpc) is 2.61. The summed E-state index contributed by atoms with van der Waals surface area (Å²) in [6, 6.07) is 5.49. The van der Waals surface area contributed by atoms with E-state index in [0.717, 1.165) is 36.8 Å². The molecular weight excluding hydrogens is 314 g/mol. The van der Waals surface area contributed by atoms with Gasteiger partial charge in [-0.3, -0.25) is 4.99 Å². The molecule has 0 aromatic heterocycles. The molecule has 0 saturated carbocycles. The summed E-state index contributed by atoms with van der Waals surface area (Å²) in [6.07, 6.45) is 0.808. The average molecular weight is 339 g/mol. The van der Waals surface area contributed by atoms with Crippen molar-refractivity contribution in [2.45, 2.75) is 6.42 Å². The normalized spacial score (nSPS) is 15.4. The summed E-state index contributed by atoms with van der Waals surface area (Å²) < 4.78 is 16.2. The van der Waals surface area contributed by atoms with E-state index in [1.807, 2.05) is 30.0 Å². The van der Waals surface area contributed by atoms with E-state index in [4.69, 9.17) is 19.9 Å². The van der Waals surface area contributed by atoms with Gasteiger partial charge in [0.25, 0.3) is 0 Å². The van der Waals surface area contributed by atoms with Gasteiger partial charge in [0.1, 0.15) is 17.2 Å². The van der Waals surface area contributed by atoms with Crippen LogP contribution in [-0.4, -0.2) is 62.8 Å². The van der Waals surface area contributed by atoms with E-state index >= 15 is 0 Å². The molecule has 7 heteroatoms. The number of methoxy groups -OCH3 is 2. The number of nitrogens with zero attached hydrogens (tertiary/aromatic N) is 2. The fourth-order valence-electron chi connectivity index (χ4n) is 2.21. The molecule has 6 nitrogen and oxygen atoms in total. The molecule has 1 saturated heterocycles. The van der Waals surface area contributed by atoms with Crippen LogP contribution in [0.4, 0.5) is 0 Å². The van der Waals surface area contributed by atoms with Crippen LogP contribution in [0.25, 0.3) is 0 Å². The van der Waals surface area contributed by atoms with Crippen LogP contribution in [0, 0.1) is 0 Å². The number of hydrogen-bond donors (Lipinski definition) is 1. The number of aliphatic imine (C=N–C) groups is 1. The Morgan fingerprint density at radius 2 is 1.74 bits per heavy atom. The van der Waals surface area contributed by atoms with Gasteiger partial charge in [-0.25, -0.2) is 0 Å². The molecule has 0 bridgehead atoms. The Kier molecular flexibility index (Phi) is 7.19. The minimum absolute atomic E-state index is 0.572. The van der Waals surface area contributed by atoms with Crippen molar-refractivity contribution in [2.24, 2.45) is 10.7 Å². The summed E-state index contributed by atoms with van der Waals surface area (Å²) in [5.74, 6) is 5.04. The summed E-state index contributed by atoms with van der Waals surface area (Å²) in [7, 11) is 3.24. The van der Waals surface area contributed by atoms with Gasteiger partial charge in [-0.1, -0.05) is 0 Å². The van der Waals surface area contributed by atoms with Crippen molar-refractivity contribution in [3.8, 4) is 17.2 Å². The molecule has 1 fully saturated rings. The highest BCUT2D eigenvalue weighted by Crippen LogP contribution is 2.27. The Morgan fingerprint density at radius 3 is 2.35 bits per heavy atom. The van der Waals surface area contributed by atoms with Gasteiger partial charge in [0.05, 0.1) is 20.8 Å². The molecule has 0 unspecified atom stereocenters. The molecule has 1 heterocycles. The Bertz CT molecular complexity index is 497. The van der Waals surface area contributed by atoms with Crippen LogP contribution >= 0.6 is 11.8 Å². The monoisotopic (exact) mass is 339 g/mol. The number of ether oxygens (including phenoxy) is 3. The lowest BCUT2D eigenvalue weighted by atomic mass is 10.3. The zero-order valence-corrected chi connectivity index (χ0v) is 14.6. The summed E-state index contributed by atoms with van der Waals surface area (Å²) in [5, 5.41) is 0. The second-order valence-electron chi connectivity index (χ2n) is 5.09. The molecule has 23 heavy (non-hydrogen) atoms. The highest BCUT2D eigenvalue weighted by atomic mass is 32.2. The topological polar surface area (TPSA) is 69.3 Å². The summed E-state index contributed by atoms with van der Waals surface area (Å²) >= 11 is 1.96. The predicted molar refractivity (Wildman–Crippen MR) is 95.0 cm³/mol. The molecule has 128 valence electrons. The standard InChI is InChI=1S/C16H25N3O3S/c1-20-13-10-14(21-2)12-15(11-13)22-7-3-4-18-16(17)19-5-8-23-9-6-19/h10-12H,3-9H2,1-2H3,(H2,17,18). The van der Waals surface area contributed by atoms with Gasteiger partial charge < -0.3 is 24.8 Å². The fraction of sp³-hybridized carbons (Fsp3) is 0.562. The molecule has 1 aromatic carbocycles. The highest BCUT2D eigenvalue weighted by molar-refractivity contribution is 7.99. The van der Waals surface area contributed by atoms with Crippen molar-refractivity contribution in [1.82, 2.24) is 4.90 Å². The van der Waals surface area contributed by atoms with Crippen molar-refractivity contribution in [3.05, 3.63) is 18.2 Å². The summed E-state index contributed by atoms with van der Waals surface area (Å²) in [4.78, 5) is 6.57.